The lowest BCUT2D eigenvalue weighted by molar-refractivity contribution is -0.321. The van der Waals surface area contributed by atoms with Gasteiger partial charge in [0.1, 0.15) is 12.6 Å². The fourth-order valence-corrected chi connectivity index (χ4v) is 4.46. The van der Waals surface area contributed by atoms with Gasteiger partial charge in [-0.15, -0.1) is 13.2 Å². The van der Waals surface area contributed by atoms with E-state index < -0.39 is 54.9 Å². The molecule has 0 radical (unpaired) electrons. The number of carbonyl (C=O) groups is 4. The van der Waals surface area contributed by atoms with Crippen LogP contribution in [0, 0.1) is 11.3 Å². The van der Waals surface area contributed by atoms with E-state index in [0.29, 0.717) is 25.8 Å². The Kier molecular flexibility index (Phi) is 7.13. The van der Waals surface area contributed by atoms with Crippen molar-refractivity contribution in [2.45, 2.75) is 83.1 Å². The van der Waals surface area contributed by atoms with Gasteiger partial charge in [0.25, 0.3) is 0 Å². The molecule has 8 nitrogen and oxygen atoms in total. The van der Waals surface area contributed by atoms with Gasteiger partial charge < -0.3 is 15.5 Å². The predicted molar refractivity (Wildman–Crippen MR) is 111 cm³/mol. The Morgan fingerprint density at radius 1 is 1.33 bits per heavy atom. The molecule has 0 aromatic carbocycles. The molecule has 33 heavy (non-hydrogen) atoms. The molecule has 186 valence electrons. The molecule has 2 heterocycles. The normalized spacial score (nSPS) is 25.9. The summed E-state index contributed by atoms with van der Waals surface area (Å²) in [7, 11) is 0. The van der Waals surface area contributed by atoms with Crippen LogP contribution in [0.25, 0.3) is 0 Å². The molecule has 3 aliphatic rings. The average molecular weight is 478 g/mol. The number of unbranched alkanes of at least 4 members (excludes halogenated alkanes) is 1. The second kappa shape index (κ2) is 10.4. The zero-order valence-electron chi connectivity index (χ0n) is 20.6. The van der Waals surface area contributed by atoms with E-state index in [1.807, 2.05) is 6.92 Å². The number of halogens is 3. The smallest absolute Gasteiger partial charge is 0.356 e. The summed E-state index contributed by atoms with van der Waals surface area (Å²) in [5.74, 6) is -3.59. The summed E-state index contributed by atoms with van der Waals surface area (Å²) < 4.78 is 57.5. The van der Waals surface area contributed by atoms with E-state index in [-0.39, 0.29) is 37.1 Å². The van der Waals surface area contributed by atoms with Crippen LogP contribution in [0.15, 0.2) is 0 Å². The summed E-state index contributed by atoms with van der Waals surface area (Å²) in [4.78, 5) is 52.1. The van der Waals surface area contributed by atoms with Crippen LogP contribution in [0.5, 0.6) is 0 Å². The third kappa shape index (κ3) is 6.91. The Bertz CT molecular complexity index is 851. The first-order chi connectivity index (χ1) is 16.3. The van der Waals surface area contributed by atoms with E-state index in [4.69, 9.17) is 2.74 Å². The Balaban J connectivity index is 1.75. The van der Waals surface area contributed by atoms with E-state index in [1.54, 1.807) is 0 Å². The van der Waals surface area contributed by atoms with Crippen LogP contribution in [-0.4, -0.2) is 66.5 Å². The van der Waals surface area contributed by atoms with E-state index in [1.165, 1.54) is 4.90 Å². The number of ketones is 1. The Morgan fingerprint density at radius 3 is 2.64 bits per heavy atom. The van der Waals surface area contributed by atoms with Gasteiger partial charge >= 0.3 is 6.36 Å². The second-order valence-electron chi connectivity index (χ2n) is 9.21. The number of carbonyl (C=O) groups excluding carboxylic acids is 4. The largest absolute Gasteiger partial charge is 0.522 e. The number of nitrogens with one attached hydrogen (secondary N) is 2. The number of hydrogen-bond acceptors (Lipinski definition) is 5. The maximum Gasteiger partial charge on any atom is 0.522 e. The molecule has 1 spiro atoms. The molecule has 2 aliphatic heterocycles. The molecule has 0 unspecified atom stereocenters. The predicted octanol–water partition coefficient (Wildman–Crippen LogP) is 2.06. The molecule has 3 rings (SSSR count). The van der Waals surface area contributed by atoms with Crippen molar-refractivity contribution in [2.24, 2.45) is 11.3 Å². The van der Waals surface area contributed by atoms with Crippen molar-refractivity contribution in [3.63, 3.8) is 0 Å². The minimum atomic E-state index is -5.04. The van der Waals surface area contributed by atoms with Crippen LogP contribution < -0.4 is 10.6 Å². The van der Waals surface area contributed by atoms with Crippen molar-refractivity contribution < 1.29 is 39.8 Å². The summed E-state index contributed by atoms with van der Waals surface area (Å²) >= 11 is 0. The van der Waals surface area contributed by atoms with Gasteiger partial charge in [0, 0.05) is 28.1 Å². The topological polar surface area (TPSA) is 105 Å². The standard InChI is InChI=1S/C22H32F3N3O5/c1-2-3-4-5-18(30)28-13-21(7-8-21)11-16(28)20(32)27-15(10-14-6-9-26-19(14)31)17(29)12-33-22(23,24)25/h14-16H,2-13H2,1H3,(H,26,31)(H,27,32)/t14-,15-,16-/m0/s1/i5D2. The molecule has 1 aliphatic carbocycles. The van der Waals surface area contributed by atoms with Crippen LogP contribution in [0.4, 0.5) is 13.2 Å². The number of amides is 3. The molecule has 1 saturated carbocycles. The number of alkyl halides is 3. The zero-order chi connectivity index (χ0) is 26.0. The molecule has 0 aromatic heterocycles. The molecule has 11 heteroatoms. The summed E-state index contributed by atoms with van der Waals surface area (Å²) in [6.07, 6.45) is -3.98. The summed E-state index contributed by atoms with van der Waals surface area (Å²) in [6.45, 7) is 1.13. The number of nitrogens with zero attached hydrogens (tertiary/aromatic N) is 1. The number of hydrogen-bond donors (Lipinski definition) is 2. The molecule has 0 bridgehead atoms. The lowest BCUT2D eigenvalue weighted by Gasteiger charge is -2.27. The highest BCUT2D eigenvalue weighted by Crippen LogP contribution is 2.55. The zero-order valence-corrected chi connectivity index (χ0v) is 18.6. The molecule has 2 saturated heterocycles. The van der Waals surface area contributed by atoms with Gasteiger partial charge in [-0.1, -0.05) is 19.8 Å². The van der Waals surface area contributed by atoms with Crippen LogP contribution >= 0.6 is 0 Å². The van der Waals surface area contributed by atoms with Crippen molar-refractivity contribution in [1.82, 2.24) is 15.5 Å². The summed E-state index contributed by atoms with van der Waals surface area (Å²) in [5, 5.41) is 5.04. The fraction of sp³-hybridized carbons (Fsp3) is 0.818. The molecular weight excluding hydrogens is 443 g/mol. The van der Waals surface area contributed by atoms with Gasteiger partial charge in [-0.2, -0.15) is 0 Å². The monoisotopic (exact) mass is 477 g/mol. The van der Waals surface area contributed by atoms with Crippen molar-refractivity contribution in [3.8, 4) is 0 Å². The molecule has 3 atom stereocenters. The molecule has 3 amide bonds. The third-order valence-corrected chi connectivity index (χ3v) is 6.60. The molecule has 2 N–H and O–H groups in total. The van der Waals surface area contributed by atoms with Crippen LogP contribution in [0.1, 0.15) is 67.4 Å². The Hall–Kier alpha value is -2.17. The molecule has 0 aromatic rings. The van der Waals surface area contributed by atoms with Crippen LogP contribution in [-0.2, 0) is 23.9 Å². The van der Waals surface area contributed by atoms with E-state index >= 15 is 0 Å². The van der Waals surface area contributed by atoms with E-state index in [2.05, 4.69) is 15.4 Å². The van der Waals surface area contributed by atoms with Crippen molar-refractivity contribution in [3.05, 3.63) is 0 Å². The maximum absolute atomic E-state index is 13.2. The first-order valence-electron chi connectivity index (χ1n) is 12.4. The fourth-order valence-electron chi connectivity index (χ4n) is 4.46. The minimum Gasteiger partial charge on any atom is -0.356 e. The van der Waals surface area contributed by atoms with E-state index in [9.17, 15) is 32.3 Å². The van der Waals surface area contributed by atoms with Gasteiger partial charge in [-0.05, 0) is 43.9 Å². The van der Waals surface area contributed by atoms with Gasteiger partial charge in [0.05, 0.1) is 6.04 Å². The highest BCUT2D eigenvalue weighted by atomic mass is 19.4. The SMILES string of the molecule is [2H]C([2H])(CCCC)C(=O)N1CC2(CC2)C[C@H]1C(=O)N[C@@H](C[C@@H]1CCNC1=O)C(=O)COC(F)(F)F. The van der Waals surface area contributed by atoms with Gasteiger partial charge in [-0.3, -0.25) is 23.9 Å². The average Bonchev–Trinajstić information content (AvgIpc) is 3.24. The van der Waals surface area contributed by atoms with Gasteiger partial charge in [0.15, 0.2) is 5.78 Å². The summed E-state index contributed by atoms with van der Waals surface area (Å²) in [6, 6.07) is -2.46. The van der Waals surface area contributed by atoms with Crippen molar-refractivity contribution >= 4 is 23.5 Å². The lowest BCUT2D eigenvalue weighted by atomic mass is 9.95. The molecular formula is C22H32F3N3O5. The van der Waals surface area contributed by atoms with Crippen LogP contribution in [0.2, 0.25) is 0 Å². The number of likely N-dealkylation sites (tertiary alicyclic amines) is 1. The third-order valence-electron chi connectivity index (χ3n) is 6.60. The van der Waals surface area contributed by atoms with Gasteiger partial charge in [0.2, 0.25) is 17.7 Å². The maximum atomic E-state index is 13.2. The van der Waals surface area contributed by atoms with Gasteiger partial charge in [-0.25, -0.2) is 0 Å². The first-order valence-corrected chi connectivity index (χ1v) is 11.4. The van der Waals surface area contributed by atoms with Crippen molar-refractivity contribution in [1.29, 1.82) is 0 Å². The molecule has 3 fully saturated rings. The highest BCUT2D eigenvalue weighted by molar-refractivity contribution is 5.94. The Labute approximate surface area is 193 Å². The number of rotatable bonds is 11. The number of Topliss-reactive ketones (excluding diaryl/α,β-unsaturated/α-hetero) is 1. The highest BCUT2D eigenvalue weighted by Gasteiger charge is 2.55. The summed E-state index contributed by atoms with van der Waals surface area (Å²) in [5.41, 5.74) is -0.275. The lowest BCUT2D eigenvalue weighted by Crippen LogP contribution is -2.52. The second-order valence-corrected chi connectivity index (χ2v) is 9.21. The van der Waals surface area contributed by atoms with E-state index in [0.717, 1.165) is 12.8 Å². The minimum absolute atomic E-state index is 0.00680. The quantitative estimate of drug-likeness (QED) is 0.474. The Morgan fingerprint density at radius 2 is 2.06 bits per heavy atom. The first kappa shape index (κ1) is 22.6. The van der Waals surface area contributed by atoms with Crippen LogP contribution in [0.3, 0.4) is 0 Å². The number of ether oxygens (including phenoxy) is 1. The van der Waals surface area contributed by atoms with Crippen molar-refractivity contribution in [2.75, 3.05) is 19.7 Å².